The van der Waals surface area contributed by atoms with E-state index in [1.54, 1.807) is 0 Å². The van der Waals surface area contributed by atoms with E-state index >= 15 is 0 Å². The van der Waals surface area contributed by atoms with E-state index < -0.39 is 0 Å². The monoisotopic (exact) mass is 546 g/mol. The van der Waals surface area contributed by atoms with E-state index in [1.165, 1.54) is 50.1 Å². The van der Waals surface area contributed by atoms with E-state index in [-0.39, 0.29) is 11.5 Å². The Morgan fingerprint density at radius 2 is 1.34 bits per heavy atom. The van der Waals surface area contributed by atoms with Crippen LogP contribution in [-0.2, 0) is 0 Å². The molecule has 2 rings (SSSR count). The molecule has 41 heavy (non-hydrogen) atoms. The Balaban J connectivity index is 1.91. The fourth-order valence-electron chi connectivity index (χ4n) is 4.93. The highest BCUT2D eigenvalue weighted by molar-refractivity contribution is 5.59. The van der Waals surface area contributed by atoms with Gasteiger partial charge in [0.1, 0.15) is 0 Å². The van der Waals surface area contributed by atoms with Crippen LogP contribution in [0.1, 0.15) is 83.6 Å². The first-order chi connectivity index (χ1) is 19.3. The summed E-state index contributed by atoms with van der Waals surface area (Å²) < 4.78 is 0. The Morgan fingerprint density at radius 3 is 1.95 bits per heavy atom. The van der Waals surface area contributed by atoms with Crippen LogP contribution < -0.4 is 0 Å². The molecule has 216 valence electrons. The third-order valence-electron chi connectivity index (χ3n) is 7.65. The lowest BCUT2D eigenvalue weighted by atomic mass is 9.72. The highest BCUT2D eigenvalue weighted by atomic mass is 16.3. The first kappa shape index (κ1) is 33.6. The van der Waals surface area contributed by atoms with Crippen molar-refractivity contribution in [2.45, 2.75) is 88.2 Å². The molecule has 1 nitrogen and oxygen atoms in total. The van der Waals surface area contributed by atoms with Crippen LogP contribution in [-0.4, -0.2) is 11.2 Å². The molecule has 1 aromatic rings. The number of aryl methyl sites for hydroxylation is 1. The van der Waals surface area contributed by atoms with Crippen LogP contribution >= 0.6 is 0 Å². The van der Waals surface area contributed by atoms with Crippen LogP contribution in [0.2, 0.25) is 0 Å². The Kier molecular flexibility index (Phi) is 13.1. The average Bonchev–Trinajstić information content (AvgIpc) is 2.88. The summed E-state index contributed by atoms with van der Waals surface area (Å²) in [5, 5.41) is 10.1. The Morgan fingerprint density at radius 1 is 0.780 bits per heavy atom. The molecule has 0 saturated heterocycles. The van der Waals surface area contributed by atoms with Gasteiger partial charge in [0.2, 0.25) is 0 Å². The van der Waals surface area contributed by atoms with Crippen molar-refractivity contribution >= 4 is 6.08 Å². The van der Waals surface area contributed by atoms with E-state index in [1.807, 2.05) is 6.92 Å². The van der Waals surface area contributed by atoms with Gasteiger partial charge in [-0.1, -0.05) is 133 Å². The number of aliphatic hydroxyl groups is 1. The highest BCUT2D eigenvalue weighted by Crippen LogP contribution is 2.39. The van der Waals surface area contributed by atoms with E-state index in [0.717, 1.165) is 18.4 Å². The number of aliphatic hydroxyl groups excluding tert-OH is 1. The molecule has 0 aliphatic heterocycles. The van der Waals surface area contributed by atoms with Gasteiger partial charge >= 0.3 is 0 Å². The molecular formula is C40H50O. The normalized spacial score (nSPS) is 19.2. The van der Waals surface area contributed by atoms with Gasteiger partial charge in [-0.05, 0) is 96.1 Å². The second-order valence-corrected chi connectivity index (χ2v) is 12.1. The maximum absolute atomic E-state index is 10.1. The third-order valence-corrected chi connectivity index (χ3v) is 7.65. The van der Waals surface area contributed by atoms with Crippen molar-refractivity contribution in [1.82, 2.24) is 0 Å². The van der Waals surface area contributed by atoms with Crippen LogP contribution in [0.4, 0.5) is 0 Å². The van der Waals surface area contributed by atoms with Crippen LogP contribution in [0.3, 0.4) is 0 Å². The van der Waals surface area contributed by atoms with Gasteiger partial charge in [0.25, 0.3) is 0 Å². The lowest BCUT2D eigenvalue weighted by Gasteiger charge is -2.34. The van der Waals surface area contributed by atoms with Gasteiger partial charge in [0, 0.05) is 11.0 Å². The summed E-state index contributed by atoms with van der Waals surface area (Å²) in [4.78, 5) is 0. The molecule has 0 radical (unpaired) electrons. The molecule has 0 amide bonds. The predicted octanol–water partition coefficient (Wildman–Crippen LogP) is 10.6. The smallest absolute Gasteiger partial charge is 0.0586 e. The van der Waals surface area contributed by atoms with Crippen molar-refractivity contribution in [3.05, 3.63) is 135 Å². The first-order valence-electron chi connectivity index (χ1n) is 14.7. The summed E-state index contributed by atoms with van der Waals surface area (Å²) in [5.74, 6) is 6.68. The summed E-state index contributed by atoms with van der Waals surface area (Å²) in [7, 11) is 0. The third kappa shape index (κ3) is 11.4. The maximum Gasteiger partial charge on any atom is 0.0586 e. The van der Waals surface area contributed by atoms with Crippen molar-refractivity contribution in [3.63, 3.8) is 0 Å². The summed E-state index contributed by atoms with van der Waals surface area (Å²) >= 11 is 0. The second-order valence-electron chi connectivity index (χ2n) is 12.1. The van der Waals surface area contributed by atoms with Gasteiger partial charge in [-0.2, -0.15) is 0 Å². The zero-order valence-corrected chi connectivity index (χ0v) is 27.0. The molecule has 0 fully saturated rings. The van der Waals surface area contributed by atoms with Gasteiger partial charge < -0.3 is 5.11 Å². The molecule has 0 spiro atoms. The van der Waals surface area contributed by atoms with Crippen LogP contribution in [0.15, 0.2) is 112 Å². The average molecular weight is 547 g/mol. The molecule has 1 unspecified atom stereocenters. The molecule has 1 heteroatoms. The van der Waals surface area contributed by atoms with Crippen molar-refractivity contribution in [2.75, 3.05) is 0 Å². The molecule has 0 aromatic heterocycles. The predicted molar refractivity (Wildman–Crippen MR) is 182 cm³/mol. The summed E-state index contributed by atoms with van der Waals surface area (Å²) in [5.41, 5.74) is 12.2. The van der Waals surface area contributed by atoms with Crippen LogP contribution in [0.5, 0.6) is 0 Å². The topological polar surface area (TPSA) is 20.2 Å². The minimum absolute atomic E-state index is 0.0768. The van der Waals surface area contributed by atoms with Crippen molar-refractivity contribution in [3.8, 4) is 11.8 Å². The first-order valence-corrected chi connectivity index (χ1v) is 14.7. The summed E-state index contributed by atoms with van der Waals surface area (Å²) in [6.07, 6.45) is 26.5. The highest BCUT2D eigenvalue weighted by Gasteiger charge is 2.31. The number of rotatable bonds is 8. The Labute approximate surface area is 250 Å². The largest absolute Gasteiger partial charge is 0.393 e. The molecule has 0 saturated carbocycles. The quantitative estimate of drug-likeness (QED) is 0.254. The van der Waals surface area contributed by atoms with Crippen molar-refractivity contribution < 1.29 is 5.11 Å². The molecule has 0 heterocycles. The van der Waals surface area contributed by atoms with Gasteiger partial charge in [-0.3, -0.25) is 0 Å². The fourth-order valence-corrected chi connectivity index (χ4v) is 4.93. The molecule has 0 bridgehead atoms. The van der Waals surface area contributed by atoms with Crippen molar-refractivity contribution in [1.29, 1.82) is 0 Å². The minimum atomic E-state index is -0.257. The van der Waals surface area contributed by atoms with Gasteiger partial charge in [-0.25, -0.2) is 0 Å². The zero-order valence-electron chi connectivity index (χ0n) is 27.0. The van der Waals surface area contributed by atoms with Crippen molar-refractivity contribution in [2.24, 2.45) is 5.41 Å². The summed E-state index contributed by atoms with van der Waals surface area (Å²) in [6.45, 7) is 21.3. The number of benzene rings is 1. The molecule has 1 aliphatic rings. The Bertz CT molecular complexity index is 1430. The van der Waals surface area contributed by atoms with E-state index in [4.69, 9.17) is 0 Å². The van der Waals surface area contributed by atoms with Gasteiger partial charge in [-0.15, -0.1) is 0 Å². The van der Waals surface area contributed by atoms with Crippen LogP contribution in [0.25, 0.3) is 6.08 Å². The van der Waals surface area contributed by atoms with Crippen LogP contribution in [0, 0.1) is 38.0 Å². The summed E-state index contributed by atoms with van der Waals surface area (Å²) in [6, 6.07) is 4.39. The molecule has 1 N–H and O–H groups in total. The van der Waals surface area contributed by atoms with Gasteiger partial charge in [0.05, 0.1) is 6.10 Å². The minimum Gasteiger partial charge on any atom is -0.393 e. The van der Waals surface area contributed by atoms with E-state index in [0.29, 0.717) is 0 Å². The SMILES string of the molecule is CC(C=Cc1ccc(C)c(C)c1C)=CC=CC(C)=C/C=C/C=C(C)/C=C/C=C(\C)C#CC1=C(C)CC(O)CC1(C)C. The fraction of sp³-hybridized carbons (Fsp3) is 0.350. The number of allylic oxidation sites excluding steroid dienone is 16. The standard InChI is InChI=1S/C40H50O/c1-29(17-13-19-31(3)21-24-37-25-23-33(5)35(7)36(37)8)15-11-12-16-30(2)18-14-20-32(4)22-26-39-34(6)27-38(41)28-40(39,9)10/h11-21,23-25,38,41H,27-28H2,1-10H3/b12-11+,17-13?,18-14+,24-21?,29-15?,30-16+,31-19?,32-20+. The molecular weight excluding hydrogens is 496 g/mol. The zero-order chi connectivity index (χ0) is 30.6. The molecule has 1 aliphatic carbocycles. The number of hydrogen-bond donors (Lipinski definition) is 1. The maximum atomic E-state index is 10.1. The lowest BCUT2D eigenvalue weighted by Crippen LogP contribution is -2.28. The van der Waals surface area contributed by atoms with E-state index in [2.05, 4.69) is 159 Å². The lowest BCUT2D eigenvalue weighted by molar-refractivity contribution is 0.117. The van der Waals surface area contributed by atoms with E-state index in [9.17, 15) is 5.11 Å². The Hall–Kier alpha value is -3.60. The second kappa shape index (κ2) is 16.0. The molecule has 1 atom stereocenters. The van der Waals surface area contributed by atoms with Gasteiger partial charge in [0.15, 0.2) is 0 Å². The number of hydrogen-bond acceptors (Lipinski definition) is 1. The molecule has 1 aromatic carbocycles.